The minimum Gasteiger partial charge on any atom is -0.493 e. The number of aromatic nitrogens is 1. The van der Waals surface area contributed by atoms with Crippen LogP contribution in [0, 0.1) is 0 Å². The lowest BCUT2D eigenvalue weighted by Crippen LogP contribution is -2.07. The summed E-state index contributed by atoms with van der Waals surface area (Å²) in [6.45, 7) is 2.06. The number of benzene rings is 1. The second kappa shape index (κ2) is 8.82. The van der Waals surface area contributed by atoms with E-state index in [4.69, 9.17) is 36.3 Å². The summed E-state index contributed by atoms with van der Waals surface area (Å²) in [5, 5.41) is 0.250. The SMILES string of the molecule is CCCC(=O)Oc1[nH]c(CN)c(-c2ccc(OC)c(OC)c2OC)c1Cl. The molecular formula is C18H23ClN2O5. The van der Waals surface area contributed by atoms with Gasteiger partial charge in [-0.05, 0) is 18.6 Å². The molecule has 0 unspecified atom stereocenters. The molecule has 3 N–H and O–H groups in total. The van der Waals surface area contributed by atoms with E-state index in [1.54, 1.807) is 12.1 Å². The molecule has 0 atom stereocenters. The Balaban J connectivity index is 2.61. The maximum absolute atomic E-state index is 11.8. The highest BCUT2D eigenvalue weighted by Gasteiger charge is 2.25. The Morgan fingerprint density at radius 3 is 2.38 bits per heavy atom. The second-order valence-corrected chi connectivity index (χ2v) is 5.81. The molecule has 0 saturated carbocycles. The van der Waals surface area contributed by atoms with Gasteiger partial charge >= 0.3 is 5.97 Å². The van der Waals surface area contributed by atoms with Gasteiger partial charge in [-0.25, -0.2) is 0 Å². The Bertz CT molecular complexity index is 788. The number of nitrogens with two attached hydrogens (primary N) is 1. The minimum atomic E-state index is -0.370. The lowest BCUT2D eigenvalue weighted by molar-refractivity contribution is -0.134. The molecule has 1 aromatic carbocycles. The number of halogens is 1. The molecule has 2 rings (SSSR count). The predicted molar refractivity (Wildman–Crippen MR) is 99.3 cm³/mol. The molecule has 0 aliphatic carbocycles. The quantitative estimate of drug-likeness (QED) is 0.678. The first-order valence-electron chi connectivity index (χ1n) is 8.12. The minimum absolute atomic E-state index is 0.164. The van der Waals surface area contributed by atoms with Crippen LogP contribution in [-0.4, -0.2) is 32.3 Å². The average Bonchev–Trinajstić information content (AvgIpc) is 2.95. The molecule has 0 amide bonds. The van der Waals surface area contributed by atoms with E-state index >= 15 is 0 Å². The molecular weight excluding hydrogens is 360 g/mol. The van der Waals surface area contributed by atoms with Gasteiger partial charge in [0.25, 0.3) is 0 Å². The van der Waals surface area contributed by atoms with Gasteiger partial charge in [-0.15, -0.1) is 0 Å². The van der Waals surface area contributed by atoms with E-state index in [2.05, 4.69) is 4.98 Å². The molecule has 8 heteroatoms. The van der Waals surface area contributed by atoms with Gasteiger partial charge in [0.05, 0.1) is 21.3 Å². The number of hydrogen-bond donors (Lipinski definition) is 2. The maximum Gasteiger partial charge on any atom is 0.312 e. The number of carbonyl (C=O) groups excluding carboxylic acids is 1. The fraction of sp³-hybridized carbons (Fsp3) is 0.389. The highest BCUT2D eigenvalue weighted by atomic mass is 35.5. The number of nitrogens with one attached hydrogen (secondary N) is 1. The van der Waals surface area contributed by atoms with Crippen LogP contribution < -0.4 is 24.7 Å². The second-order valence-electron chi connectivity index (χ2n) is 5.43. The highest BCUT2D eigenvalue weighted by molar-refractivity contribution is 6.35. The van der Waals surface area contributed by atoms with Gasteiger partial charge in [0.2, 0.25) is 11.6 Å². The maximum atomic E-state index is 11.8. The highest BCUT2D eigenvalue weighted by Crippen LogP contribution is 2.48. The Hall–Kier alpha value is -2.38. The van der Waals surface area contributed by atoms with Gasteiger partial charge in [0, 0.05) is 29.8 Å². The molecule has 0 saturated heterocycles. The largest absolute Gasteiger partial charge is 0.493 e. The lowest BCUT2D eigenvalue weighted by Gasteiger charge is -2.16. The standard InChI is InChI=1S/C18H23ClN2O5/c1-5-6-13(22)26-18-15(19)14(11(9-20)21-18)10-7-8-12(23-2)17(25-4)16(10)24-3/h7-8,21H,5-6,9,20H2,1-4H3. The Morgan fingerprint density at radius 2 is 1.85 bits per heavy atom. The van der Waals surface area contributed by atoms with Crippen molar-refractivity contribution in [3.8, 4) is 34.3 Å². The molecule has 1 heterocycles. The number of carbonyl (C=O) groups is 1. The van der Waals surface area contributed by atoms with Crippen LogP contribution in [-0.2, 0) is 11.3 Å². The third-order valence-corrected chi connectivity index (χ3v) is 4.19. The molecule has 0 fully saturated rings. The van der Waals surface area contributed by atoms with Crippen LogP contribution in [0.1, 0.15) is 25.5 Å². The first-order valence-corrected chi connectivity index (χ1v) is 8.50. The fourth-order valence-corrected chi connectivity index (χ4v) is 2.97. The summed E-state index contributed by atoms with van der Waals surface area (Å²) in [5.41, 5.74) is 7.69. The summed E-state index contributed by atoms with van der Waals surface area (Å²) in [4.78, 5) is 14.8. The van der Waals surface area contributed by atoms with E-state index in [0.29, 0.717) is 46.9 Å². The first-order chi connectivity index (χ1) is 12.5. The number of H-pyrrole nitrogens is 1. The van der Waals surface area contributed by atoms with E-state index in [9.17, 15) is 4.79 Å². The lowest BCUT2D eigenvalue weighted by atomic mass is 10.0. The smallest absolute Gasteiger partial charge is 0.312 e. The zero-order chi connectivity index (χ0) is 19.3. The Labute approximate surface area is 157 Å². The molecule has 0 radical (unpaired) electrons. The van der Waals surface area contributed by atoms with Gasteiger partial charge in [-0.1, -0.05) is 18.5 Å². The van der Waals surface area contributed by atoms with Crippen molar-refractivity contribution in [2.24, 2.45) is 5.73 Å². The van der Waals surface area contributed by atoms with Crippen molar-refractivity contribution in [1.82, 2.24) is 4.98 Å². The molecule has 0 aliphatic rings. The van der Waals surface area contributed by atoms with E-state index in [0.717, 1.165) is 0 Å². The number of hydrogen-bond acceptors (Lipinski definition) is 6. The van der Waals surface area contributed by atoms with Crippen molar-refractivity contribution in [3.63, 3.8) is 0 Å². The Morgan fingerprint density at radius 1 is 1.15 bits per heavy atom. The van der Waals surface area contributed by atoms with Crippen molar-refractivity contribution >= 4 is 17.6 Å². The predicted octanol–water partition coefficient (Wildman–Crippen LogP) is 3.53. The zero-order valence-electron chi connectivity index (χ0n) is 15.3. The van der Waals surface area contributed by atoms with Crippen molar-refractivity contribution in [1.29, 1.82) is 0 Å². The molecule has 0 aliphatic heterocycles. The summed E-state index contributed by atoms with van der Waals surface area (Å²) >= 11 is 6.49. The van der Waals surface area contributed by atoms with Gasteiger partial charge in [0.1, 0.15) is 5.02 Å². The van der Waals surface area contributed by atoms with Crippen LogP contribution in [0.15, 0.2) is 12.1 Å². The van der Waals surface area contributed by atoms with Crippen molar-refractivity contribution in [3.05, 3.63) is 22.8 Å². The van der Waals surface area contributed by atoms with E-state index in [1.165, 1.54) is 21.3 Å². The first kappa shape index (κ1) is 19.9. The number of rotatable bonds is 8. The van der Waals surface area contributed by atoms with E-state index in [1.807, 2.05) is 6.92 Å². The van der Waals surface area contributed by atoms with Crippen LogP contribution in [0.4, 0.5) is 0 Å². The monoisotopic (exact) mass is 382 g/mol. The number of aromatic amines is 1. The van der Waals surface area contributed by atoms with Crippen LogP contribution in [0.2, 0.25) is 5.02 Å². The van der Waals surface area contributed by atoms with Gasteiger partial charge in [-0.3, -0.25) is 4.79 Å². The molecule has 0 bridgehead atoms. The molecule has 142 valence electrons. The molecule has 26 heavy (non-hydrogen) atoms. The summed E-state index contributed by atoms with van der Waals surface area (Å²) in [6.07, 6.45) is 0.972. The third kappa shape index (κ3) is 3.73. The molecule has 0 spiro atoms. The summed E-state index contributed by atoms with van der Waals surface area (Å²) in [5.74, 6) is 1.18. The van der Waals surface area contributed by atoms with Gasteiger partial charge < -0.3 is 29.7 Å². The van der Waals surface area contributed by atoms with Crippen LogP contribution >= 0.6 is 11.6 Å². The summed E-state index contributed by atoms with van der Waals surface area (Å²) in [6, 6.07) is 3.52. The van der Waals surface area contributed by atoms with Gasteiger partial charge in [0.15, 0.2) is 11.5 Å². The normalized spacial score (nSPS) is 10.5. The number of methoxy groups -OCH3 is 3. The topological polar surface area (TPSA) is 95.8 Å². The fourth-order valence-electron chi connectivity index (χ4n) is 2.67. The number of esters is 1. The van der Waals surface area contributed by atoms with Crippen molar-refractivity contribution in [2.45, 2.75) is 26.3 Å². The Kier molecular flexibility index (Phi) is 6.76. The summed E-state index contributed by atoms with van der Waals surface area (Å²) in [7, 11) is 4.58. The van der Waals surface area contributed by atoms with Gasteiger partial charge in [-0.2, -0.15) is 0 Å². The van der Waals surface area contributed by atoms with Crippen molar-refractivity contribution < 1.29 is 23.7 Å². The van der Waals surface area contributed by atoms with E-state index in [-0.39, 0.29) is 23.4 Å². The average molecular weight is 383 g/mol. The third-order valence-electron chi connectivity index (χ3n) is 3.83. The van der Waals surface area contributed by atoms with Crippen LogP contribution in [0.5, 0.6) is 23.1 Å². The van der Waals surface area contributed by atoms with Crippen molar-refractivity contribution in [2.75, 3.05) is 21.3 Å². The summed E-state index contributed by atoms with van der Waals surface area (Å²) < 4.78 is 21.6. The molecule has 2 aromatic rings. The van der Waals surface area contributed by atoms with E-state index < -0.39 is 0 Å². The number of ether oxygens (including phenoxy) is 4. The molecule has 1 aromatic heterocycles. The zero-order valence-corrected chi connectivity index (χ0v) is 16.0. The van der Waals surface area contributed by atoms with Crippen LogP contribution in [0.3, 0.4) is 0 Å². The van der Waals surface area contributed by atoms with Crippen LogP contribution in [0.25, 0.3) is 11.1 Å². The molecule has 7 nitrogen and oxygen atoms in total.